The summed E-state index contributed by atoms with van der Waals surface area (Å²) in [5, 5.41) is 0. The van der Waals surface area contributed by atoms with Crippen molar-refractivity contribution < 1.29 is 41.2 Å². The van der Waals surface area contributed by atoms with Crippen molar-refractivity contribution in [1.82, 2.24) is 0 Å². The van der Waals surface area contributed by atoms with Crippen molar-refractivity contribution in [1.29, 1.82) is 0 Å². The van der Waals surface area contributed by atoms with E-state index in [1.807, 2.05) is 0 Å². The molecule has 0 amide bonds. The molecule has 0 fully saturated rings. The predicted molar refractivity (Wildman–Crippen MR) is 37.4 cm³/mol. The van der Waals surface area contributed by atoms with Gasteiger partial charge in [0.2, 0.25) is 0 Å². The Kier molecular flexibility index (Phi) is 12800. The van der Waals surface area contributed by atoms with Crippen LogP contribution in [0.3, 0.4) is 0 Å². The second kappa shape index (κ2) is 3670. The van der Waals surface area contributed by atoms with E-state index in [1.54, 1.807) is 0 Å². The van der Waals surface area contributed by atoms with Gasteiger partial charge < -0.3 is 57.9 Å². The fraction of sp³-hybridized carbons (Fsp3) is 0. The monoisotopic (exact) mass is 406 g/mol. The molecule has 0 aliphatic rings. The van der Waals surface area contributed by atoms with Gasteiger partial charge in [-0.1, -0.05) is 0 Å². The first-order chi connectivity index (χ1) is 6.00. The van der Waals surface area contributed by atoms with Gasteiger partial charge in [0.25, 0.3) is 0 Å². The van der Waals surface area contributed by atoms with Crippen LogP contribution in [0.2, 0.25) is 0 Å². The molecule has 0 unspecified atom stereocenters. The molecule has 5 nitrogen and oxygen atoms in total. The van der Waals surface area contributed by atoms with Crippen molar-refractivity contribution in [2.24, 2.45) is 0 Å². The summed E-state index contributed by atoms with van der Waals surface area (Å²) in [6.45, 7) is 22.5. The average Bonchev–Trinajstić information content (AvgIpc) is 2.33. The van der Waals surface area contributed by atoms with Crippen LogP contribution in [0, 0.1) is 0 Å². The molecule has 0 bridgehead atoms. The van der Waals surface area contributed by atoms with Crippen LogP contribution in [0.4, 0.5) is 0 Å². The standard InChI is InChI=1S/5CO.BrH.Re/c5*1-2;;/h;;;;;1H;/q5*-1;;+1/p-1. The first-order valence-electron chi connectivity index (χ1n) is 1.16. The molecular weight excluding hydrogens is 406 g/mol. The Hall–Kier alpha value is -0.508. The summed E-state index contributed by atoms with van der Waals surface area (Å²) in [7, 11) is 0. The van der Waals surface area contributed by atoms with Gasteiger partial charge >= 0.3 is 30.6 Å². The minimum atomic E-state index is 1.53. The number of hydrogen-bond acceptors (Lipinski definition) is 5. The second-order valence-electron chi connectivity index (χ2n) is 0. The van der Waals surface area contributed by atoms with Crippen molar-refractivity contribution in [2.45, 2.75) is 0 Å². The van der Waals surface area contributed by atoms with Crippen molar-refractivity contribution in [3.05, 3.63) is 0 Å². The molecule has 0 aromatic rings. The van der Waals surface area contributed by atoms with Crippen molar-refractivity contribution in [3.8, 4) is 0 Å². The Bertz CT molecular complexity index is 31.4. The molecular formula is C5BrO5Re-5. The van der Waals surface area contributed by atoms with E-state index in [2.05, 4.69) is 47.4 Å². The zero-order chi connectivity index (χ0) is 12.0. The molecule has 0 aliphatic heterocycles. The zero-order valence-electron chi connectivity index (χ0n) is 5.30. The van der Waals surface area contributed by atoms with E-state index in [1.165, 1.54) is 17.2 Å². The van der Waals surface area contributed by atoms with Crippen molar-refractivity contribution in [2.75, 3.05) is 0 Å². The number of halogens is 1. The van der Waals surface area contributed by atoms with Crippen molar-refractivity contribution in [3.63, 3.8) is 0 Å². The SMILES string of the molecule is [Br][Re].[C-]=O.[C-]=O.[C-]=O.[C-]=O.[C-]=O. The van der Waals surface area contributed by atoms with Gasteiger partial charge in [0.1, 0.15) is 0 Å². The van der Waals surface area contributed by atoms with Gasteiger partial charge in [-0.05, 0) is 0 Å². The number of rotatable bonds is 0. The summed E-state index contributed by atoms with van der Waals surface area (Å²) >= 11 is 4.53. The Morgan fingerprint density at radius 2 is 0.500 bits per heavy atom. The molecule has 0 rings (SSSR count). The minimum absolute atomic E-state index is 1.53. The van der Waals surface area contributed by atoms with E-state index < -0.39 is 0 Å². The molecule has 0 saturated heterocycles. The maximum atomic E-state index is 7.50. The molecule has 5 radical (unpaired) electrons. The summed E-state index contributed by atoms with van der Waals surface area (Å²) in [4.78, 5) is 37.5. The molecule has 0 aromatic heterocycles. The molecule has 0 N–H and O–H groups in total. The van der Waals surface area contributed by atoms with Gasteiger partial charge in [0.05, 0.1) is 0 Å². The maximum Gasteiger partial charge on any atom is -0.427 e. The largest absolute Gasteiger partial charge is 0.573 e. The third-order valence-electron chi connectivity index (χ3n) is 0. The molecule has 0 heterocycles. The van der Waals surface area contributed by atoms with Crippen LogP contribution >= 0.6 is 13.4 Å². The van der Waals surface area contributed by atoms with Crippen LogP contribution in [0.25, 0.3) is 0 Å². The van der Waals surface area contributed by atoms with Gasteiger partial charge in [-0.15, -0.1) is 0 Å². The molecule has 0 aromatic carbocycles. The summed E-state index contributed by atoms with van der Waals surface area (Å²) in [6, 6.07) is 0. The van der Waals surface area contributed by atoms with Gasteiger partial charge in [-0.25, -0.2) is 0 Å². The maximum absolute atomic E-state index is 7.50. The van der Waals surface area contributed by atoms with Crippen LogP contribution in [-0.2, 0) is 41.2 Å². The topological polar surface area (TPSA) is 85.3 Å². The van der Waals surface area contributed by atoms with Crippen molar-refractivity contribution >= 4 is 47.4 Å². The second-order valence-corrected chi connectivity index (χ2v) is 0. The molecule has 0 aliphatic carbocycles. The first kappa shape index (κ1) is 41.9. The third-order valence-corrected chi connectivity index (χ3v) is 0. The van der Waals surface area contributed by atoms with Gasteiger partial charge in [-0.3, -0.25) is 0 Å². The molecule has 0 atom stereocenters. The Morgan fingerprint density at radius 3 is 0.500 bits per heavy atom. The molecule has 69 valence electrons. The zero-order valence-corrected chi connectivity index (χ0v) is 9.60. The molecule has 7 heteroatoms. The van der Waals surface area contributed by atoms with E-state index in [0.29, 0.717) is 0 Å². The first-order valence-corrected chi connectivity index (χ1v) is 7.10. The van der Waals surface area contributed by atoms with Crippen LogP contribution in [-0.4, -0.2) is 33.9 Å². The predicted octanol–water partition coefficient (Wildman–Crippen LogP) is -1.14. The normalized spacial score (nSPS) is 2.17. The molecule has 0 saturated carbocycles. The Labute approximate surface area is 88.5 Å². The quantitative estimate of drug-likeness (QED) is 0.475. The Morgan fingerprint density at radius 1 is 0.500 bits per heavy atom. The smallest absolute Gasteiger partial charge is 0.427 e. The summed E-state index contributed by atoms with van der Waals surface area (Å²) in [5.41, 5.74) is 0. The third kappa shape index (κ3) is 2660. The van der Waals surface area contributed by atoms with Crippen LogP contribution in [0.1, 0.15) is 0 Å². The fourth-order valence-corrected chi connectivity index (χ4v) is 0. The van der Waals surface area contributed by atoms with Crippen LogP contribution in [0.15, 0.2) is 0 Å². The minimum Gasteiger partial charge on any atom is -0.573 e. The van der Waals surface area contributed by atoms with Gasteiger partial charge in [0, 0.05) is 0 Å². The van der Waals surface area contributed by atoms with E-state index in [-0.39, 0.29) is 0 Å². The number of hydrogen-bond donors (Lipinski definition) is 0. The van der Waals surface area contributed by atoms with E-state index in [0.717, 1.165) is 0 Å². The van der Waals surface area contributed by atoms with Gasteiger partial charge in [0.15, 0.2) is 0 Å². The van der Waals surface area contributed by atoms with Gasteiger partial charge in [-0.2, -0.15) is 0 Å². The summed E-state index contributed by atoms with van der Waals surface area (Å²) in [5.74, 6) is 0. The van der Waals surface area contributed by atoms with Crippen LogP contribution in [0.5, 0.6) is 0 Å². The number of carbonyl (C=O) groups excluding carboxylic acids is 5. The van der Waals surface area contributed by atoms with Crippen LogP contribution < -0.4 is 0 Å². The molecule has 0 spiro atoms. The van der Waals surface area contributed by atoms with E-state index in [9.17, 15) is 0 Å². The van der Waals surface area contributed by atoms with E-state index in [4.69, 9.17) is 24.0 Å². The summed E-state index contributed by atoms with van der Waals surface area (Å²) < 4.78 is 0. The molecule has 12 heavy (non-hydrogen) atoms. The fourth-order valence-electron chi connectivity index (χ4n) is 0. The van der Waals surface area contributed by atoms with E-state index >= 15 is 0 Å². The summed E-state index contributed by atoms with van der Waals surface area (Å²) in [6.07, 6.45) is 0. The Balaban J connectivity index is -0.00000000900. The average molecular weight is 406 g/mol.